The molecule has 232 valence electrons. The van der Waals surface area contributed by atoms with Crippen LogP contribution in [-0.2, 0) is 6.42 Å². The van der Waals surface area contributed by atoms with Gasteiger partial charge in [0, 0.05) is 29.7 Å². The molecule has 2 fully saturated rings. The predicted octanol–water partition coefficient (Wildman–Crippen LogP) is 7.99. The summed E-state index contributed by atoms with van der Waals surface area (Å²) in [5.41, 5.74) is 10.2. The van der Waals surface area contributed by atoms with Crippen molar-refractivity contribution in [2.75, 3.05) is 0 Å². The minimum absolute atomic E-state index is 0.332. The monoisotopic (exact) mass is 624 g/mol. The number of nitriles is 1. The molecule has 2 aliphatic carbocycles. The molecule has 0 atom stereocenters. The van der Waals surface area contributed by atoms with Crippen LogP contribution in [0.25, 0.3) is 39.2 Å². The van der Waals surface area contributed by atoms with E-state index in [-0.39, 0.29) is 0 Å². The smallest absolute Gasteiger partial charge is 0.128 e. The van der Waals surface area contributed by atoms with Crippen LogP contribution in [0.3, 0.4) is 0 Å². The minimum atomic E-state index is 0.332. The standard InChI is InChI=1S/C39H40N6S/c1-24-20-30(21-28-8-6-5-7-9-28)12-17-34(24)45-27(4)44-37-36-35(45)18-19-41-39(36)46-38(37)26(3)43-33-15-13-32(14-16-33)42-25(2)31(23-40)22-29-10-11-29/h5-9,12,17-20,22,29,32-33,42-44H,2-4,10-11,13-16,21H2,1H3/b31-22+. The second-order valence-corrected chi connectivity index (χ2v) is 13.8. The summed E-state index contributed by atoms with van der Waals surface area (Å²) in [6, 6.07) is 22.4. The molecule has 0 spiro atoms. The number of H-pyrrole nitrogens is 1. The number of nitrogens with zero attached hydrogens (tertiary/aromatic N) is 3. The van der Waals surface area contributed by atoms with Crippen molar-refractivity contribution in [1.82, 2.24) is 25.2 Å². The van der Waals surface area contributed by atoms with E-state index in [2.05, 4.69) is 114 Å². The third-order valence-electron chi connectivity index (χ3n) is 9.33. The first-order chi connectivity index (χ1) is 22.4. The van der Waals surface area contributed by atoms with Gasteiger partial charge >= 0.3 is 0 Å². The molecule has 2 aliphatic rings. The average Bonchev–Trinajstić information content (AvgIpc) is 3.81. The number of benzene rings is 2. The van der Waals surface area contributed by atoms with Gasteiger partial charge < -0.3 is 15.6 Å². The Labute approximate surface area is 274 Å². The van der Waals surface area contributed by atoms with Gasteiger partial charge in [0.2, 0.25) is 0 Å². The van der Waals surface area contributed by atoms with Gasteiger partial charge in [0.25, 0.3) is 0 Å². The third kappa shape index (κ3) is 6.05. The van der Waals surface area contributed by atoms with Gasteiger partial charge in [-0.3, -0.25) is 4.57 Å². The van der Waals surface area contributed by atoms with Crippen LogP contribution in [0.5, 0.6) is 0 Å². The van der Waals surface area contributed by atoms with Crippen molar-refractivity contribution in [2.24, 2.45) is 5.92 Å². The molecule has 2 saturated carbocycles. The number of aryl methyl sites for hydroxylation is 1. The summed E-state index contributed by atoms with van der Waals surface area (Å²) in [5.74, 6) is 0.556. The lowest BCUT2D eigenvalue weighted by atomic mass is 9.90. The van der Waals surface area contributed by atoms with E-state index >= 15 is 0 Å². The van der Waals surface area contributed by atoms with Crippen molar-refractivity contribution >= 4 is 44.9 Å². The zero-order chi connectivity index (χ0) is 31.8. The molecule has 3 aromatic heterocycles. The number of aromatic nitrogens is 3. The fourth-order valence-electron chi connectivity index (χ4n) is 6.78. The summed E-state index contributed by atoms with van der Waals surface area (Å²) >= 11 is 1.67. The highest BCUT2D eigenvalue weighted by atomic mass is 32.1. The van der Waals surface area contributed by atoms with Crippen molar-refractivity contribution in [3.8, 4) is 11.8 Å². The van der Waals surface area contributed by atoms with Crippen molar-refractivity contribution in [3.63, 3.8) is 0 Å². The summed E-state index contributed by atoms with van der Waals surface area (Å²) in [6.45, 7) is 15.3. The Morgan fingerprint density at radius 2 is 1.76 bits per heavy atom. The van der Waals surface area contributed by atoms with E-state index in [1.54, 1.807) is 11.3 Å². The zero-order valence-electron chi connectivity index (χ0n) is 26.4. The quantitative estimate of drug-likeness (QED) is 0.109. The molecule has 0 aliphatic heterocycles. The second kappa shape index (κ2) is 12.5. The molecule has 6 nitrogen and oxygen atoms in total. The van der Waals surface area contributed by atoms with E-state index in [0.29, 0.717) is 23.6 Å². The fourth-order valence-corrected chi connectivity index (χ4v) is 7.83. The van der Waals surface area contributed by atoms with Crippen molar-refractivity contribution in [1.29, 1.82) is 5.26 Å². The lowest BCUT2D eigenvalue weighted by molar-refractivity contribution is 0.342. The SMILES string of the molecule is C=C(NC1CCC(NC(=C)c2sc3nccc4c3c2[nH]c(=C)n4-c2ccc(Cc3ccccc3)cc2C)CC1)/C(C#N)=C/C1CC1. The maximum Gasteiger partial charge on any atom is 0.128 e. The van der Waals surface area contributed by atoms with E-state index in [1.807, 2.05) is 6.20 Å². The van der Waals surface area contributed by atoms with Gasteiger partial charge in [-0.15, -0.1) is 11.3 Å². The van der Waals surface area contributed by atoms with Gasteiger partial charge in [0.1, 0.15) is 16.4 Å². The van der Waals surface area contributed by atoms with Gasteiger partial charge in [-0.05, 0) is 86.6 Å². The maximum absolute atomic E-state index is 9.57. The van der Waals surface area contributed by atoms with Crippen LogP contribution in [0.1, 0.15) is 60.1 Å². The van der Waals surface area contributed by atoms with Crippen LogP contribution in [-0.4, -0.2) is 26.6 Å². The molecule has 0 saturated heterocycles. The van der Waals surface area contributed by atoms with Gasteiger partial charge in [0.05, 0.1) is 32.6 Å². The summed E-state index contributed by atoms with van der Waals surface area (Å²) in [4.78, 5) is 10.4. The van der Waals surface area contributed by atoms with Gasteiger partial charge in [-0.1, -0.05) is 68.3 Å². The summed E-state index contributed by atoms with van der Waals surface area (Å²) in [7, 11) is 0. The summed E-state index contributed by atoms with van der Waals surface area (Å²) in [6.07, 6.45) is 11.3. The third-order valence-corrected chi connectivity index (χ3v) is 10.5. The Balaban J connectivity index is 1.08. The predicted molar refractivity (Wildman–Crippen MR) is 191 cm³/mol. The molecular formula is C39H40N6S. The number of hydrogen-bond donors (Lipinski definition) is 3. The van der Waals surface area contributed by atoms with Crippen LogP contribution in [0.4, 0.5) is 0 Å². The first-order valence-corrected chi connectivity index (χ1v) is 17.0. The highest BCUT2D eigenvalue weighted by molar-refractivity contribution is 7.20. The fraction of sp³-hybridized carbons (Fsp3) is 0.282. The molecule has 3 heterocycles. The maximum atomic E-state index is 9.57. The Bertz CT molecular complexity index is 2070. The van der Waals surface area contributed by atoms with Crippen LogP contribution >= 0.6 is 11.3 Å². The zero-order valence-corrected chi connectivity index (χ0v) is 27.2. The van der Waals surface area contributed by atoms with Gasteiger partial charge in [0.15, 0.2) is 0 Å². The van der Waals surface area contributed by atoms with Gasteiger partial charge in [-0.2, -0.15) is 5.26 Å². The van der Waals surface area contributed by atoms with Crippen molar-refractivity contribution in [3.05, 3.63) is 118 Å². The second-order valence-electron chi connectivity index (χ2n) is 12.8. The molecule has 3 N–H and O–H groups in total. The molecule has 0 amide bonds. The van der Waals surface area contributed by atoms with E-state index < -0.39 is 0 Å². The first kappa shape index (κ1) is 29.9. The van der Waals surface area contributed by atoms with E-state index in [9.17, 15) is 5.26 Å². The number of pyridine rings is 1. The molecule has 46 heavy (non-hydrogen) atoms. The number of hydrogen-bond acceptors (Lipinski definition) is 5. The van der Waals surface area contributed by atoms with E-state index in [4.69, 9.17) is 4.98 Å². The lowest BCUT2D eigenvalue weighted by Gasteiger charge is -2.31. The first-order valence-electron chi connectivity index (χ1n) is 16.2. The van der Waals surface area contributed by atoms with Crippen molar-refractivity contribution < 1.29 is 0 Å². The number of aromatic amines is 1. The Morgan fingerprint density at radius 1 is 1.02 bits per heavy atom. The lowest BCUT2D eigenvalue weighted by Crippen LogP contribution is -2.39. The Morgan fingerprint density at radius 3 is 2.46 bits per heavy atom. The van der Waals surface area contributed by atoms with Gasteiger partial charge in [-0.25, -0.2) is 4.98 Å². The summed E-state index contributed by atoms with van der Waals surface area (Å²) in [5, 5.41) is 17.9. The Hall–Kier alpha value is -4.80. The highest BCUT2D eigenvalue weighted by Crippen LogP contribution is 2.37. The van der Waals surface area contributed by atoms with Crippen LogP contribution in [0.2, 0.25) is 0 Å². The Kier molecular flexibility index (Phi) is 8.14. The molecule has 5 aromatic rings. The van der Waals surface area contributed by atoms with Crippen molar-refractivity contribution in [2.45, 2.75) is 64.0 Å². The number of nitrogens with one attached hydrogen (secondary N) is 3. The average molecular weight is 625 g/mol. The number of thiophene rings is 1. The molecule has 2 aromatic carbocycles. The molecule has 7 heteroatoms. The number of rotatable bonds is 10. The van der Waals surface area contributed by atoms with E-state index in [0.717, 1.165) is 80.8 Å². The normalized spacial score (nSPS) is 18.4. The minimum Gasteiger partial charge on any atom is -0.382 e. The molecule has 0 bridgehead atoms. The number of allylic oxidation sites excluding steroid dienone is 2. The molecule has 7 rings (SSSR count). The van der Waals surface area contributed by atoms with E-state index in [1.165, 1.54) is 29.5 Å². The largest absolute Gasteiger partial charge is 0.382 e. The molecule has 0 radical (unpaired) electrons. The highest BCUT2D eigenvalue weighted by Gasteiger charge is 2.25. The summed E-state index contributed by atoms with van der Waals surface area (Å²) < 4.78 is 2.21. The van der Waals surface area contributed by atoms with Crippen LogP contribution < -0.4 is 16.1 Å². The van der Waals surface area contributed by atoms with Crippen LogP contribution in [0.15, 0.2) is 91.3 Å². The molecular weight excluding hydrogens is 585 g/mol. The van der Waals surface area contributed by atoms with Crippen LogP contribution in [0, 0.1) is 24.2 Å². The molecule has 0 unspecified atom stereocenters. The topological polar surface area (TPSA) is 81.5 Å².